The number of aliphatic hydroxyl groups is 1. The molecule has 26 heavy (non-hydrogen) atoms. The smallest absolute Gasteiger partial charge is 0.381 e. The Hall–Kier alpha value is -1.47. The first-order chi connectivity index (χ1) is 11.7. The van der Waals surface area contributed by atoms with Crippen LogP contribution in [0, 0.1) is 5.82 Å². The van der Waals surface area contributed by atoms with E-state index in [4.69, 9.17) is 14.6 Å². The van der Waals surface area contributed by atoms with E-state index in [9.17, 15) is 31.1 Å². The van der Waals surface area contributed by atoms with E-state index >= 15 is 0 Å². The summed E-state index contributed by atoms with van der Waals surface area (Å²) in [6.07, 6.45) is -6.33. The van der Waals surface area contributed by atoms with E-state index in [-0.39, 0.29) is 12.3 Å². The lowest BCUT2D eigenvalue weighted by Gasteiger charge is -2.31. The molecular formula is C14H18F4N2O5S. The topological polar surface area (TPSA) is 111 Å². The van der Waals surface area contributed by atoms with Crippen molar-refractivity contribution >= 4 is 15.7 Å². The Morgan fingerprint density at radius 2 is 2.00 bits per heavy atom. The van der Waals surface area contributed by atoms with Gasteiger partial charge in [0.25, 0.3) is 0 Å². The molecule has 1 saturated heterocycles. The molecule has 2 rings (SSSR count). The van der Waals surface area contributed by atoms with Crippen molar-refractivity contribution in [1.82, 2.24) is 0 Å². The van der Waals surface area contributed by atoms with Gasteiger partial charge in [-0.1, -0.05) is 0 Å². The van der Waals surface area contributed by atoms with Crippen molar-refractivity contribution < 1.29 is 40.6 Å². The fraction of sp³-hybridized carbons (Fsp3) is 0.571. The molecule has 2 atom stereocenters. The van der Waals surface area contributed by atoms with Gasteiger partial charge in [-0.2, -0.15) is 13.2 Å². The highest BCUT2D eigenvalue weighted by Crippen LogP contribution is 2.34. The first kappa shape index (κ1) is 20.8. The average Bonchev–Trinajstić information content (AvgIpc) is 2.84. The van der Waals surface area contributed by atoms with Crippen LogP contribution in [0.25, 0.3) is 0 Å². The molecule has 0 aliphatic carbocycles. The third kappa shape index (κ3) is 4.26. The molecule has 7 nitrogen and oxygen atoms in total. The summed E-state index contributed by atoms with van der Waals surface area (Å²) in [5, 5.41) is 17.9. The van der Waals surface area contributed by atoms with Gasteiger partial charge in [-0.15, -0.1) is 0 Å². The van der Waals surface area contributed by atoms with Gasteiger partial charge in [0, 0.05) is 5.69 Å². The van der Waals surface area contributed by atoms with Crippen LogP contribution in [0.1, 0.15) is 19.4 Å². The minimum atomic E-state index is -4.94. The Labute approximate surface area is 147 Å². The molecule has 2 unspecified atom stereocenters. The molecule has 0 saturated carbocycles. The number of benzene rings is 1. The number of rotatable bonds is 5. The molecule has 1 aliphatic rings. The number of hydrogen-bond donors (Lipinski definition) is 3. The molecule has 0 spiro atoms. The van der Waals surface area contributed by atoms with Gasteiger partial charge < -0.3 is 19.9 Å². The second-order valence-corrected chi connectivity index (χ2v) is 8.05. The van der Waals surface area contributed by atoms with Crippen LogP contribution in [0.5, 0.6) is 0 Å². The molecule has 4 N–H and O–H groups in total. The van der Waals surface area contributed by atoms with Gasteiger partial charge in [-0.3, -0.25) is 0 Å². The molecule has 0 aromatic heterocycles. The van der Waals surface area contributed by atoms with Gasteiger partial charge in [0.1, 0.15) is 11.9 Å². The van der Waals surface area contributed by atoms with Crippen LogP contribution < -0.4 is 10.5 Å². The van der Waals surface area contributed by atoms with Crippen molar-refractivity contribution in [2.45, 2.75) is 36.8 Å². The molecule has 1 aliphatic heterocycles. The van der Waals surface area contributed by atoms with Crippen LogP contribution in [0.15, 0.2) is 18.2 Å². The van der Waals surface area contributed by atoms with Crippen molar-refractivity contribution in [1.29, 1.82) is 0 Å². The summed E-state index contributed by atoms with van der Waals surface area (Å²) in [4.78, 5) is -2.69. The Kier molecular flexibility index (Phi) is 5.29. The van der Waals surface area contributed by atoms with Gasteiger partial charge >= 0.3 is 6.18 Å². The third-order valence-electron chi connectivity index (χ3n) is 3.82. The van der Waals surface area contributed by atoms with E-state index in [1.165, 1.54) is 13.8 Å². The summed E-state index contributed by atoms with van der Waals surface area (Å²) in [6, 6.07) is 1.98. The summed E-state index contributed by atoms with van der Waals surface area (Å²) in [5.41, 5.74) is -1.80. The first-order valence-electron chi connectivity index (χ1n) is 7.33. The Balaban J connectivity index is 2.27. The molecule has 0 radical (unpaired) electrons. The van der Waals surface area contributed by atoms with E-state index in [0.717, 1.165) is 6.07 Å². The zero-order valence-corrected chi connectivity index (χ0v) is 14.6. The third-order valence-corrected chi connectivity index (χ3v) is 5.21. The van der Waals surface area contributed by atoms with E-state index in [1.807, 2.05) is 0 Å². The molecular weight excluding hydrogens is 384 g/mol. The number of halogens is 4. The largest absolute Gasteiger partial charge is 0.419 e. The fourth-order valence-electron chi connectivity index (χ4n) is 2.39. The minimum Gasteiger partial charge on any atom is -0.381 e. The predicted octanol–water partition coefficient (Wildman–Crippen LogP) is 1.39. The lowest BCUT2D eigenvalue weighted by Crippen LogP contribution is -2.58. The summed E-state index contributed by atoms with van der Waals surface area (Å²) >= 11 is 0. The SMILES string of the molecule is CC1(C)OCC(C(O)(CNc2ccc(F)c(C(F)(F)F)c2)S(N)(=O)=O)O1. The van der Waals surface area contributed by atoms with Crippen molar-refractivity contribution in [2.24, 2.45) is 5.14 Å². The standard InChI is InChI=1S/C14H18F4N2O5S/c1-12(2)24-6-11(25-12)13(21,26(19,22)23)7-20-8-3-4-10(15)9(5-8)14(16,17)18/h3-5,11,20-21H,6-7H2,1-2H3,(H2,19,22,23). The normalized spacial score (nSPS) is 22.8. The highest BCUT2D eigenvalue weighted by atomic mass is 32.2. The number of ether oxygens (including phenoxy) is 2. The van der Waals surface area contributed by atoms with Crippen LogP contribution in [0.4, 0.5) is 23.2 Å². The number of hydrogen-bond acceptors (Lipinski definition) is 6. The summed E-state index contributed by atoms with van der Waals surface area (Å²) in [6.45, 7) is 1.86. The van der Waals surface area contributed by atoms with E-state index < -0.39 is 50.9 Å². The van der Waals surface area contributed by atoms with Crippen LogP contribution >= 0.6 is 0 Å². The lowest BCUT2D eigenvalue weighted by molar-refractivity contribution is -0.154. The number of sulfonamides is 1. The van der Waals surface area contributed by atoms with Crippen molar-refractivity contribution in [2.75, 3.05) is 18.5 Å². The number of alkyl halides is 3. The van der Waals surface area contributed by atoms with E-state index in [0.29, 0.717) is 12.1 Å². The molecule has 1 aromatic rings. The van der Waals surface area contributed by atoms with Crippen LogP contribution in [0.3, 0.4) is 0 Å². The zero-order chi connectivity index (χ0) is 20.0. The maximum absolute atomic E-state index is 13.3. The van der Waals surface area contributed by atoms with Gasteiger partial charge in [-0.25, -0.2) is 17.9 Å². The number of primary sulfonamides is 1. The van der Waals surface area contributed by atoms with E-state index in [1.54, 1.807) is 0 Å². The molecule has 148 valence electrons. The van der Waals surface area contributed by atoms with Crippen molar-refractivity contribution in [3.63, 3.8) is 0 Å². The van der Waals surface area contributed by atoms with E-state index in [2.05, 4.69) is 5.32 Å². The minimum absolute atomic E-state index is 0.265. The molecule has 1 aromatic carbocycles. The molecule has 0 bridgehead atoms. The fourth-order valence-corrected chi connectivity index (χ4v) is 3.14. The highest BCUT2D eigenvalue weighted by Gasteiger charge is 2.53. The predicted molar refractivity (Wildman–Crippen MR) is 82.9 cm³/mol. The highest BCUT2D eigenvalue weighted by molar-refractivity contribution is 7.90. The van der Waals surface area contributed by atoms with Crippen molar-refractivity contribution in [3.05, 3.63) is 29.6 Å². The van der Waals surface area contributed by atoms with Gasteiger partial charge in [0.15, 0.2) is 5.79 Å². The number of nitrogens with two attached hydrogens (primary N) is 1. The zero-order valence-electron chi connectivity index (χ0n) is 13.8. The molecule has 12 heteroatoms. The molecule has 1 heterocycles. The Bertz CT molecular complexity index is 784. The Morgan fingerprint density at radius 1 is 1.38 bits per heavy atom. The first-order valence-corrected chi connectivity index (χ1v) is 8.87. The van der Waals surface area contributed by atoms with Gasteiger partial charge in [0.05, 0.1) is 18.7 Å². The molecule has 0 amide bonds. The van der Waals surface area contributed by atoms with Crippen LogP contribution in [-0.4, -0.2) is 43.5 Å². The van der Waals surface area contributed by atoms with Gasteiger partial charge in [-0.05, 0) is 32.0 Å². The lowest BCUT2D eigenvalue weighted by atomic mass is 10.1. The second kappa shape index (κ2) is 6.60. The Morgan fingerprint density at radius 3 is 2.46 bits per heavy atom. The van der Waals surface area contributed by atoms with Gasteiger partial charge in [0.2, 0.25) is 15.0 Å². The monoisotopic (exact) mass is 402 g/mol. The average molecular weight is 402 g/mol. The van der Waals surface area contributed by atoms with Crippen LogP contribution in [-0.2, 0) is 25.7 Å². The van der Waals surface area contributed by atoms with Crippen LogP contribution in [0.2, 0.25) is 0 Å². The second-order valence-electron chi connectivity index (χ2n) is 6.25. The van der Waals surface area contributed by atoms with Crippen molar-refractivity contribution in [3.8, 4) is 0 Å². The maximum Gasteiger partial charge on any atom is 0.419 e. The quantitative estimate of drug-likeness (QED) is 0.642. The maximum atomic E-state index is 13.3. The number of nitrogens with one attached hydrogen (secondary N) is 1. The molecule has 1 fully saturated rings. The summed E-state index contributed by atoms with van der Waals surface area (Å²) in [5.74, 6) is -2.66. The summed E-state index contributed by atoms with van der Waals surface area (Å²) < 4.78 is 85.8. The number of anilines is 1. The summed E-state index contributed by atoms with van der Waals surface area (Å²) in [7, 11) is -4.62.